The maximum absolute atomic E-state index is 13.0. The number of anilines is 1. The molecular formula is C20H26N4O3S. The predicted molar refractivity (Wildman–Crippen MR) is 109 cm³/mol. The molecular weight excluding hydrogens is 376 g/mol. The highest BCUT2D eigenvalue weighted by Crippen LogP contribution is 2.28. The number of nitrogens with zero attached hydrogens (tertiary/aromatic N) is 3. The number of sulfonamides is 1. The highest BCUT2D eigenvalue weighted by Gasteiger charge is 2.24. The summed E-state index contributed by atoms with van der Waals surface area (Å²) in [6.45, 7) is 2.00. The van der Waals surface area contributed by atoms with Crippen molar-refractivity contribution in [1.29, 1.82) is 0 Å². The van der Waals surface area contributed by atoms with Crippen LogP contribution in [0.3, 0.4) is 0 Å². The Balaban J connectivity index is 1.93. The lowest BCUT2D eigenvalue weighted by molar-refractivity contribution is 0.0950. The molecule has 1 aromatic heterocycles. The number of hydrogen-bond donors (Lipinski definition) is 1. The fourth-order valence-electron chi connectivity index (χ4n) is 3.25. The number of pyridine rings is 1. The molecule has 0 spiro atoms. The van der Waals surface area contributed by atoms with Crippen LogP contribution in [-0.4, -0.2) is 50.8 Å². The monoisotopic (exact) mass is 402 g/mol. The minimum atomic E-state index is -3.63. The van der Waals surface area contributed by atoms with Crippen molar-refractivity contribution in [3.8, 4) is 0 Å². The van der Waals surface area contributed by atoms with Gasteiger partial charge in [0, 0.05) is 39.1 Å². The smallest absolute Gasteiger partial charge is 0.253 e. The van der Waals surface area contributed by atoms with Crippen molar-refractivity contribution >= 4 is 21.6 Å². The van der Waals surface area contributed by atoms with Crippen molar-refractivity contribution in [2.75, 3.05) is 32.1 Å². The van der Waals surface area contributed by atoms with Gasteiger partial charge in [-0.3, -0.25) is 9.78 Å². The molecule has 1 N–H and O–H groups in total. The molecule has 1 amide bonds. The largest absolute Gasteiger partial charge is 0.371 e. The van der Waals surface area contributed by atoms with E-state index in [0.717, 1.165) is 41.6 Å². The number of benzene rings is 1. The predicted octanol–water partition coefficient (Wildman–Crippen LogP) is 2.25. The van der Waals surface area contributed by atoms with E-state index in [4.69, 9.17) is 0 Å². The van der Waals surface area contributed by atoms with E-state index in [9.17, 15) is 13.2 Å². The van der Waals surface area contributed by atoms with E-state index >= 15 is 0 Å². The van der Waals surface area contributed by atoms with Crippen molar-refractivity contribution in [3.05, 3.63) is 53.9 Å². The molecule has 2 heterocycles. The lowest BCUT2D eigenvalue weighted by Crippen LogP contribution is -2.33. The van der Waals surface area contributed by atoms with E-state index in [2.05, 4.69) is 15.2 Å². The van der Waals surface area contributed by atoms with E-state index in [1.807, 2.05) is 18.2 Å². The Morgan fingerprint density at radius 1 is 1.14 bits per heavy atom. The Hall–Kier alpha value is -2.45. The third kappa shape index (κ3) is 4.51. The van der Waals surface area contributed by atoms with E-state index < -0.39 is 10.0 Å². The van der Waals surface area contributed by atoms with E-state index in [-0.39, 0.29) is 17.3 Å². The van der Waals surface area contributed by atoms with Crippen LogP contribution in [0.15, 0.2) is 47.5 Å². The number of rotatable bonds is 6. The Morgan fingerprint density at radius 2 is 1.89 bits per heavy atom. The minimum absolute atomic E-state index is 0.112. The van der Waals surface area contributed by atoms with Gasteiger partial charge in [-0.05, 0) is 49.6 Å². The number of aromatic nitrogens is 1. The highest BCUT2D eigenvalue weighted by molar-refractivity contribution is 7.89. The van der Waals surface area contributed by atoms with Crippen molar-refractivity contribution in [2.45, 2.75) is 30.7 Å². The SMILES string of the molecule is CN(C)S(=O)(=O)c1ccc(N2CCCCC2)c(C(=O)NCc2ccccn2)c1. The number of nitrogens with one attached hydrogen (secondary N) is 1. The van der Waals surface area contributed by atoms with Gasteiger partial charge in [0.05, 0.1) is 22.7 Å². The number of carbonyl (C=O) groups excluding carboxylic acids is 1. The van der Waals surface area contributed by atoms with Crippen LogP contribution in [0.5, 0.6) is 0 Å². The van der Waals surface area contributed by atoms with Gasteiger partial charge in [-0.25, -0.2) is 12.7 Å². The van der Waals surface area contributed by atoms with Gasteiger partial charge in [0.2, 0.25) is 10.0 Å². The molecule has 1 fully saturated rings. The number of amides is 1. The van der Waals surface area contributed by atoms with Crippen LogP contribution in [0.25, 0.3) is 0 Å². The maximum atomic E-state index is 13.0. The second-order valence-corrected chi connectivity index (χ2v) is 9.17. The molecule has 2 aromatic rings. The van der Waals surface area contributed by atoms with Gasteiger partial charge in [-0.1, -0.05) is 6.07 Å². The second-order valence-electron chi connectivity index (χ2n) is 7.02. The van der Waals surface area contributed by atoms with Crippen LogP contribution >= 0.6 is 0 Å². The highest BCUT2D eigenvalue weighted by atomic mass is 32.2. The first-order chi connectivity index (χ1) is 13.4. The topological polar surface area (TPSA) is 82.6 Å². The van der Waals surface area contributed by atoms with E-state index in [1.165, 1.54) is 26.6 Å². The number of carbonyl (C=O) groups is 1. The van der Waals surface area contributed by atoms with Crippen LogP contribution in [0, 0.1) is 0 Å². The molecule has 1 aromatic carbocycles. The average molecular weight is 403 g/mol. The lowest BCUT2D eigenvalue weighted by atomic mass is 10.1. The lowest BCUT2D eigenvalue weighted by Gasteiger charge is -2.30. The molecule has 3 rings (SSSR count). The van der Waals surface area contributed by atoms with Crippen molar-refractivity contribution < 1.29 is 13.2 Å². The zero-order valence-corrected chi connectivity index (χ0v) is 17.1. The summed E-state index contributed by atoms with van der Waals surface area (Å²) >= 11 is 0. The molecule has 1 aliphatic heterocycles. The standard InChI is InChI=1S/C20H26N4O3S/c1-23(2)28(26,27)17-9-10-19(24-12-6-3-7-13-24)18(14-17)20(25)22-15-16-8-4-5-11-21-16/h4-5,8-11,14H,3,6-7,12-13,15H2,1-2H3,(H,22,25). The number of hydrogen-bond acceptors (Lipinski definition) is 5. The summed E-state index contributed by atoms with van der Waals surface area (Å²) in [5, 5.41) is 2.87. The Kier molecular flexibility index (Phi) is 6.31. The Labute approximate surface area is 166 Å². The van der Waals surface area contributed by atoms with E-state index in [1.54, 1.807) is 18.3 Å². The molecule has 0 bridgehead atoms. The summed E-state index contributed by atoms with van der Waals surface area (Å²) < 4.78 is 26.2. The van der Waals surface area contributed by atoms with Gasteiger partial charge in [0.25, 0.3) is 5.91 Å². The van der Waals surface area contributed by atoms with Crippen molar-refractivity contribution in [2.24, 2.45) is 0 Å². The minimum Gasteiger partial charge on any atom is -0.371 e. The molecule has 0 atom stereocenters. The average Bonchev–Trinajstić information content (AvgIpc) is 2.72. The van der Waals surface area contributed by atoms with Gasteiger partial charge < -0.3 is 10.2 Å². The van der Waals surface area contributed by atoms with Gasteiger partial charge in [-0.2, -0.15) is 0 Å². The van der Waals surface area contributed by atoms with Crippen LogP contribution in [0.2, 0.25) is 0 Å². The van der Waals surface area contributed by atoms with Crippen LogP contribution in [-0.2, 0) is 16.6 Å². The zero-order valence-electron chi connectivity index (χ0n) is 16.3. The summed E-state index contributed by atoms with van der Waals surface area (Å²) in [5.74, 6) is -0.304. The molecule has 0 radical (unpaired) electrons. The summed E-state index contributed by atoms with van der Waals surface area (Å²) in [6, 6.07) is 10.3. The fourth-order valence-corrected chi connectivity index (χ4v) is 4.18. The molecule has 7 nitrogen and oxygen atoms in total. The van der Waals surface area contributed by atoms with Gasteiger partial charge in [0.15, 0.2) is 0 Å². The van der Waals surface area contributed by atoms with Crippen molar-refractivity contribution in [3.63, 3.8) is 0 Å². The van der Waals surface area contributed by atoms with Gasteiger partial charge >= 0.3 is 0 Å². The summed E-state index contributed by atoms with van der Waals surface area (Å²) in [4.78, 5) is 19.4. The molecule has 0 saturated carbocycles. The van der Waals surface area contributed by atoms with Crippen molar-refractivity contribution in [1.82, 2.24) is 14.6 Å². The Morgan fingerprint density at radius 3 is 2.54 bits per heavy atom. The first-order valence-electron chi connectivity index (χ1n) is 9.39. The van der Waals surface area contributed by atoms with Gasteiger partial charge in [0.1, 0.15) is 0 Å². The summed E-state index contributed by atoms with van der Waals surface area (Å²) in [5.41, 5.74) is 1.89. The molecule has 28 heavy (non-hydrogen) atoms. The molecule has 0 unspecified atom stereocenters. The molecule has 0 aliphatic carbocycles. The second kappa shape index (κ2) is 8.70. The first-order valence-corrected chi connectivity index (χ1v) is 10.8. The zero-order chi connectivity index (χ0) is 20.1. The first kappa shape index (κ1) is 20.3. The Bertz CT molecular complexity index is 924. The molecule has 150 valence electrons. The third-order valence-corrected chi connectivity index (χ3v) is 6.66. The quantitative estimate of drug-likeness (QED) is 0.801. The van der Waals surface area contributed by atoms with E-state index in [0.29, 0.717) is 5.56 Å². The summed E-state index contributed by atoms with van der Waals surface area (Å²) in [7, 11) is -0.663. The van der Waals surface area contributed by atoms with Crippen LogP contribution < -0.4 is 10.2 Å². The molecule has 8 heteroatoms. The summed E-state index contributed by atoms with van der Waals surface area (Å²) in [6.07, 6.45) is 4.97. The third-order valence-electron chi connectivity index (χ3n) is 4.84. The van der Waals surface area contributed by atoms with Crippen LogP contribution in [0.1, 0.15) is 35.3 Å². The van der Waals surface area contributed by atoms with Crippen LogP contribution in [0.4, 0.5) is 5.69 Å². The van der Waals surface area contributed by atoms with Gasteiger partial charge in [-0.15, -0.1) is 0 Å². The fraction of sp³-hybridized carbons (Fsp3) is 0.400. The maximum Gasteiger partial charge on any atom is 0.253 e. The number of piperidine rings is 1. The molecule has 1 aliphatic rings. The molecule has 1 saturated heterocycles. The normalized spacial score (nSPS) is 14.9.